The van der Waals surface area contributed by atoms with Crippen molar-refractivity contribution < 1.29 is 17.9 Å². The molecule has 3 rings (SSSR count). The minimum Gasteiger partial charge on any atom is -0.492 e. The maximum absolute atomic E-state index is 12.3. The van der Waals surface area contributed by atoms with E-state index < -0.39 is 15.9 Å². The van der Waals surface area contributed by atoms with Crippen LogP contribution in [-0.2, 0) is 15.6 Å². The van der Waals surface area contributed by atoms with Crippen LogP contribution >= 0.6 is 11.6 Å². The zero-order chi connectivity index (χ0) is 18.7. The third kappa shape index (κ3) is 4.64. The third-order valence-corrected chi connectivity index (χ3v) is 4.91. The molecule has 0 bridgehead atoms. The fourth-order valence-corrected chi connectivity index (χ4v) is 3.68. The van der Waals surface area contributed by atoms with Crippen molar-refractivity contribution in [3.63, 3.8) is 0 Å². The van der Waals surface area contributed by atoms with Crippen molar-refractivity contribution in [2.75, 3.05) is 18.2 Å². The highest BCUT2D eigenvalue weighted by molar-refractivity contribution is 7.89. The number of pyridine rings is 1. The summed E-state index contributed by atoms with van der Waals surface area (Å²) in [5.41, 5.74) is 1.19. The maximum Gasteiger partial charge on any atom is 0.320 e. The van der Waals surface area contributed by atoms with Crippen LogP contribution in [0.4, 0.5) is 10.6 Å². The van der Waals surface area contributed by atoms with E-state index in [2.05, 4.69) is 15.6 Å². The lowest BCUT2D eigenvalue weighted by Crippen LogP contribution is -2.35. The molecule has 0 saturated carbocycles. The monoisotopic (exact) mass is 395 g/mol. The second kappa shape index (κ2) is 7.51. The number of benzene rings is 1. The molecule has 2 N–H and O–H groups in total. The summed E-state index contributed by atoms with van der Waals surface area (Å²) in [5, 5.41) is 6.01. The first-order valence-corrected chi connectivity index (χ1v) is 10.4. The van der Waals surface area contributed by atoms with Crippen molar-refractivity contribution >= 4 is 33.3 Å². The Morgan fingerprint density at radius 2 is 2.08 bits per heavy atom. The van der Waals surface area contributed by atoms with E-state index in [-0.39, 0.29) is 17.6 Å². The van der Waals surface area contributed by atoms with E-state index in [4.69, 9.17) is 16.3 Å². The van der Waals surface area contributed by atoms with E-state index in [1.807, 2.05) is 6.07 Å². The molecule has 1 aliphatic rings. The van der Waals surface area contributed by atoms with Gasteiger partial charge >= 0.3 is 6.03 Å². The molecule has 1 atom stereocenters. The first kappa shape index (κ1) is 18.5. The Kier molecular flexibility index (Phi) is 5.33. The number of aromatic nitrogens is 1. The van der Waals surface area contributed by atoms with Crippen molar-refractivity contribution in [3.05, 3.63) is 52.7 Å². The molecule has 1 aromatic heterocycles. The molecule has 0 fully saturated rings. The summed E-state index contributed by atoms with van der Waals surface area (Å²) in [6.45, 7) is 0.448. The van der Waals surface area contributed by atoms with Crippen LogP contribution in [0.15, 0.2) is 36.4 Å². The van der Waals surface area contributed by atoms with Crippen LogP contribution in [0.1, 0.15) is 23.7 Å². The summed E-state index contributed by atoms with van der Waals surface area (Å²) in [6, 6.07) is 9.56. The van der Waals surface area contributed by atoms with Crippen molar-refractivity contribution in [2.24, 2.45) is 0 Å². The van der Waals surface area contributed by atoms with E-state index in [1.54, 1.807) is 30.3 Å². The topological polar surface area (TPSA) is 97.4 Å². The van der Waals surface area contributed by atoms with Crippen LogP contribution in [0, 0.1) is 0 Å². The molecule has 0 aliphatic carbocycles. The minimum absolute atomic E-state index is 0.185. The Bertz CT molecular complexity index is 933. The SMILES string of the molecule is CS(=O)(=O)Cc1cccc(NC(=O)N[C@H]2CCOc3c(Cl)cccc32)n1. The molecule has 1 aromatic carbocycles. The molecule has 9 heteroatoms. The van der Waals surface area contributed by atoms with E-state index in [1.165, 1.54) is 0 Å². The van der Waals surface area contributed by atoms with Gasteiger partial charge in [0.25, 0.3) is 0 Å². The molecular weight excluding hydrogens is 378 g/mol. The second-order valence-electron chi connectivity index (χ2n) is 6.03. The van der Waals surface area contributed by atoms with Crippen LogP contribution in [0.3, 0.4) is 0 Å². The van der Waals surface area contributed by atoms with Crippen molar-refractivity contribution in [2.45, 2.75) is 18.2 Å². The largest absolute Gasteiger partial charge is 0.492 e. The van der Waals surface area contributed by atoms with E-state index >= 15 is 0 Å². The number of nitrogens with zero attached hydrogens (tertiary/aromatic N) is 1. The predicted molar refractivity (Wildman–Crippen MR) is 99.2 cm³/mol. The van der Waals surface area contributed by atoms with Crippen LogP contribution < -0.4 is 15.4 Å². The number of hydrogen-bond acceptors (Lipinski definition) is 5. The molecule has 2 aromatic rings. The van der Waals surface area contributed by atoms with Gasteiger partial charge in [0.1, 0.15) is 11.6 Å². The number of carbonyl (C=O) groups is 1. The summed E-state index contributed by atoms with van der Waals surface area (Å²) in [5.74, 6) is 0.678. The molecule has 26 heavy (non-hydrogen) atoms. The van der Waals surface area contributed by atoms with Gasteiger partial charge in [-0.3, -0.25) is 5.32 Å². The molecular formula is C17H18ClN3O4S. The zero-order valence-electron chi connectivity index (χ0n) is 14.0. The van der Waals surface area contributed by atoms with E-state index in [0.717, 1.165) is 11.8 Å². The standard InChI is InChI=1S/C17H18ClN3O4S/c1-26(23,24)10-11-4-2-7-15(19-11)21-17(22)20-14-8-9-25-16-12(14)5-3-6-13(16)18/h2-7,14H,8-10H2,1H3,(H2,19,20,21,22)/t14-/m0/s1. The van der Waals surface area contributed by atoms with Gasteiger partial charge in [-0.05, 0) is 18.2 Å². The van der Waals surface area contributed by atoms with Gasteiger partial charge in [0.2, 0.25) is 0 Å². The molecule has 0 spiro atoms. The number of rotatable bonds is 4. The lowest BCUT2D eigenvalue weighted by Gasteiger charge is -2.27. The van der Waals surface area contributed by atoms with Crippen LogP contribution in [0.2, 0.25) is 5.02 Å². The highest BCUT2D eigenvalue weighted by Gasteiger charge is 2.24. The van der Waals surface area contributed by atoms with Crippen LogP contribution in [0.5, 0.6) is 5.75 Å². The minimum atomic E-state index is -3.20. The Morgan fingerprint density at radius 3 is 2.85 bits per heavy atom. The number of anilines is 1. The number of fused-ring (bicyclic) bond motifs is 1. The molecule has 2 amide bonds. The summed E-state index contributed by atoms with van der Waals surface area (Å²) in [4.78, 5) is 16.5. The fraction of sp³-hybridized carbons (Fsp3) is 0.294. The average Bonchev–Trinajstić information content (AvgIpc) is 2.54. The number of para-hydroxylation sites is 1. The number of ether oxygens (including phenoxy) is 1. The molecule has 0 saturated heterocycles. The maximum atomic E-state index is 12.3. The van der Waals surface area contributed by atoms with Gasteiger partial charge < -0.3 is 10.1 Å². The number of sulfone groups is 1. The Hall–Kier alpha value is -2.32. The number of nitrogens with one attached hydrogen (secondary N) is 2. The van der Waals surface area contributed by atoms with Gasteiger partial charge in [0.15, 0.2) is 9.84 Å². The Morgan fingerprint density at radius 1 is 1.31 bits per heavy atom. The highest BCUT2D eigenvalue weighted by Crippen LogP contribution is 2.37. The molecule has 138 valence electrons. The first-order valence-electron chi connectivity index (χ1n) is 7.94. The fourth-order valence-electron chi connectivity index (χ4n) is 2.75. The molecule has 0 radical (unpaired) electrons. The molecule has 0 unspecified atom stereocenters. The lowest BCUT2D eigenvalue weighted by atomic mass is 10.0. The van der Waals surface area contributed by atoms with Crippen LogP contribution in [-0.4, -0.2) is 32.3 Å². The van der Waals surface area contributed by atoms with Crippen molar-refractivity contribution in [1.82, 2.24) is 10.3 Å². The van der Waals surface area contributed by atoms with Gasteiger partial charge in [-0.25, -0.2) is 18.2 Å². The van der Waals surface area contributed by atoms with E-state index in [9.17, 15) is 13.2 Å². The number of halogens is 1. The second-order valence-corrected chi connectivity index (χ2v) is 8.58. The van der Waals surface area contributed by atoms with Crippen LogP contribution in [0.25, 0.3) is 0 Å². The lowest BCUT2D eigenvalue weighted by molar-refractivity contribution is 0.232. The van der Waals surface area contributed by atoms with Gasteiger partial charge in [-0.1, -0.05) is 29.8 Å². The van der Waals surface area contributed by atoms with Crippen molar-refractivity contribution in [3.8, 4) is 5.75 Å². The van der Waals surface area contributed by atoms with Gasteiger partial charge in [-0.15, -0.1) is 0 Å². The summed E-state index contributed by atoms with van der Waals surface area (Å²) in [6.07, 6.45) is 1.75. The summed E-state index contributed by atoms with van der Waals surface area (Å²) >= 11 is 6.13. The third-order valence-electron chi connectivity index (χ3n) is 3.79. The number of hydrogen-bond donors (Lipinski definition) is 2. The first-order chi connectivity index (χ1) is 12.3. The summed E-state index contributed by atoms with van der Waals surface area (Å²) < 4.78 is 28.3. The van der Waals surface area contributed by atoms with Crippen molar-refractivity contribution in [1.29, 1.82) is 0 Å². The van der Waals surface area contributed by atoms with Gasteiger partial charge in [0, 0.05) is 18.2 Å². The Labute approximate surface area is 156 Å². The normalized spacial score (nSPS) is 16.3. The quantitative estimate of drug-likeness (QED) is 0.829. The summed E-state index contributed by atoms with van der Waals surface area (Å²) in [7, 11) is -3.20. The molecule has 7 nitrogen and oxygen atoms in total. The van der Waals surface area contributed by atoms with E-state index in [0.29, 0.717) is 29.5 Å². The van der Waals surface area contributed by atoms with Gasteiger partial charge in [-0.2, -0.15) is 0 Å². The smallest absolute Gasteiger partial charge is 0.320 e. The number of urea groups is 1. The predicted octanol–water partition coefficient (Wildman–Crippen LogP) is 2.92. The highest BCUT2D eigenvalue weighted by atomic mass is 35.5. The van der Waals surface area contributed by atoms with Gasteiger partial charge in [0.05, 0.1) is 29.1 Å². The Balaban J connectivity index is 1.69. The number of carbonyl (C=O) groups excluding carboxylic acids is 1. The zero-order valence-corrected chi connectivity index (χ0v) is 15.6. The number of amides is 2. The molecule has 2 heterocycles. The molecule has 1 aliphatic heterocycles. The average molecular weight is 396 g/mol.